The third kappa shape index (κ3) is 3.77. The first-order valence-electron chi connectivity index (χ1n) is 10.9. The van der Waals surface area contributed by atoms with E-state index in [1.54, 1.807) is 6.08 Å². The first-order valence-corrected chi connectivity index (χ1v) is 10.9. The minimum atomic E-state index is -0.374. The molecule has 0 aliphatic heterocycles. The van der Waals surface area contributed by atoms with Crippen LogP contribution in [0.5, 0.6) is 0 Å². The average Bonchev–Trinajstić information content (AvgIpc) is 2.57. The van der Waals surface area contributed by atoms with Crippen molar-refractivity contribution in [3.05, 3.63) is 11.6 Å². The second kappa shape index (κ2) is 7.55. The van der Waals surface area contributed by atoms with Crippen LogP contribution < -0.4 is 0 Å². The van der Waals surface area contributed by atoms with Crippen LogP contribution in [0, 0.1) is 34.0 Å². The molecule has 3 aliphatic carbocycles. The molecule has 5 nitrogen and oxygen atoms in total. The van der Waals surface area contributed by atoms with Crippen LogP contribution in [0.15, 0.2) is 11.6 Å². The van der Waals surface area contributed by atoms with Crippen LogP contribution in [-0.4, -0.2) is 30.9 Å². The second-order valence-electron chi connectivity index (χ2n) is 10.6. The monoisotopic (exact) mass is 404 g/mol. The predicted octanol–water partition coefficient (Wildman–Crippen LogP) is 4.49. The van der Waals surface area contributed by atoms with Gasteiger partial charge in [0, 0.05) is 25.7 Å². The number of allylic oxidation sites excluding steroid dienone is 1. The van der Waals surface area contributed by atoms with Gasteiger partial charge in [-0.25, -0.2) is 0 Å². The minimum absolute atomic E-state index is 0.0657. The summed E-state index contributed by atoms with van der Waals surface area (Å²) in [5.74, 6) is -0.262. The maximum atomic E-state index is 13.5. The van der Waals surface area contributed by atoms with E-state index in [4.69, 9.17) is 9.47 Å². The number of fused-ring (bicyclic) bond motifs is 3. The number of esters is 2. The molecule has 0 aromatic carbocycles. The normalized spacial score (nSPS) is 38.3. The molecular formula is C24H36O5. The number of carbonyl (C=O) groups excluding carboxylic acids is 3. The van der Waals surface area contributed by atoms with E-state index in [1.807, 2.05) is 0 Å². The fourth-order valence-electron chi connectivity index (χ4n) is 7.23. The summed E-state index contributed by atoms with van der Waals surface area (Å²) in [5.41, 5.74) is 0.628. The molecule has 0 aromatic heterocycles. The van der Waals surface area contributed by atoms with Crippen LogP contribution in [-0.2, 0) is 23.9 Å². The molecule has 3 aliphatic rings. The molecule has 0 aromatic rings. The summed E-state index contributed by atoms with van der Waals surface area (Å²) in [6, 6.07) is 0. The first-order chi connectivity index (χ1) is 13.4. The standard InChI is InChI=1S/C24H36O5/c1-15(25)28-13-17-12-19(27)21-23(5,18(17)14-29-16(2)26)11-8-20-22(3,4)9-7-10-24(20,21)6/h12,18,20-21H,7-11,13-14H2,1-6H3/t18-,20+,21-,23+,24+/m1/s1. The summed E-state index contributed by atoms with van der Waals surface area (Å²) in [6.07, 6.45) is 7.07. The van der Waals surface area contributed by atoms with Gasteiger partial charge in [0.05, 0.1) is 6.61 Å². The molecule has 5 atom stereocenters. The Labute approximate surface area is 174 Å². The van der Waals surface area contributed by atoms with Crippen LogP contribution >= 0.6 is 0 Å². The molecule has 0 heterocycles. The van der Waals surface area contributed by atoms with E-state index < -0.39 is 0 Å². The van der Waals surface area contributed by atoms with Gasteiger partial charge in [0.25, 0.3) is 0 Å². The zero-order valence-corrected chi connectivity index (χ0v) is 18.8. The molecule has 2 fully saturated rings. The quantitative estimate of drug-likeness (QED) is 0.646. The van der Waals surface area contributed by atoms with Crippen LogP contribution in [0.4, 0.5) is 0 Å². The predicted molar refractivity (Wildman–Crippen MR) is 110 cm³/mol. The summed E-state index contributed by atoms with van der Waals surface area (Å²) in [5, 5.41) is 0. The maximum absolute atomic E-state index is 13.5. The Balaban J connectivity index is 2.03. The molecule has 0 amide bonds. The maximum Gasteiger partial charge on any atom is 0.302 e. The molecule has 0 bridgehead atoms. The van der Waals surface area contributed by atoms with Gasteiger partial charge in [0.1, 0.15) is 6.61 Å². The Hall–Kier alpha value is -1.65. The third-order valence-corrected chi connectivity index (χ3v) is 8.32. The topological polar surface area (TPSA) is 69.7 Å². The highest BCUT2D eigenvalue weighted by atomic mass is 16.5. The van der Waals surface area contributed by atoms with Gasteiger partial charge in [-0.05, 0) is 59.5 Å². The van der Waals surface area contributed by atoms with E-state index in [9.17, 15) is 14.4 Å². The van der Waals surface area contributed by atoms with Gasteiger partial charge in [0.15, 0.2) is 5.78 Å². The minimum Gasteiger partial charge on any atom is -0.465 e. The molecule has 0 saturated heterocycles. The van der Waals surface area contributed by atoms with Crippen molar-refractivity contribution < 1.29 is 23.9 Å². The lowest BCUT2D eigenvalue weighted by Crippen LogP contribution is -2.61. The van der Waals surface area contributed by atoms with Gasteiger partial charge in [-0.1, -0.05) is 34.1 Å². The van der Waals surface area contributed by atoms with Crippen molar-refractivity contribution in [1.29, 1.82) is 0 Å². The number of ether oxygens (including phenoxy) is 2. The number of carbonyl (C=O) groups is 3. The number of rotatable bonds is 4. The Kier molecular flexibility index (Phi) is 5.74. The van der Waals surface area contributed by atoms with Crippen LogP contribution in [0.3, 0.4) is 0 Å². The van der Waals surface area contributed by atoms with Crippen molar-refractivity contribution >= 4 is 17.7 Å². The molecule has 2 saturated carbocycles. The summed E-state index contributed by atoms with van der Waals surface area (Å²) in [6.45, 7) is 12.3. The van der Waals surface area contributed by atoms with Gasteiger partial charge in [-0.2, -0.15) is 0 Å². The SMILES string of the molecule is CC(=O)OCC1=CC(=O)[C@@H]2[C@@](C)(CC[C@H]3C(C)(C)CCC[C@]23C)[C@@H]1COC(C)=O. The lowest BCUT2D eigenvalue weighted by Gasteiger charge is -2.64. The van der Waals surface area contributed by atoms with E-state index in [0.29, 0.717) is 5.92 Å². The van der Waals surface area contributed by atoms with Crippen molar-refractivity contribution in [3.8, 4) is 0 Å². The molecule has 0 N–H and O–H groups in total. The molecular weight excluding hydrogens is 368 g/mol. The largest absolute Gasteiger partial charge is 0.465 e. The van der Waals surface area contributed by atoms with Gasteiger partial charge < -0.3 is 9.47 Å². The van der Waals surface area contributed by atoms with Crippen molar-refractivity contribution in [3.63, 3.8) is 0 Å². The van der Waals surface area contributed by atoms with E-state index in [1.165, 1.54) is 20.3 Å². The zero-order valence-electron chi connectivity index (χ0n) is 18.8. The van der Waals surface area contributed by atoms with E-state index in [0.717, 1.165) is 31.3 Å². The van der Waals surface area contributed by atoms with E-state index >= 15 is 0 Å². The van der Waals surface area contributed by atoms with Crippen molar-refractivity contribution in [1.82, 2.24) is 0 Å². The van der Waals surface area contributed by atoms with Gasteiger partial charge in [-0.15, -0.1) is 0 Å². The number of hydrogen-bond acceptors (Lipinski definition) is 5. The fourth-order valence-corrected chi connectivity index (χ4v) is 7.23. The summed E-state index contributed by atoms with van der Waals surface area (Å²) >= 11 is 0. The average molecular weight is 405 g/mol. The molecule has 0 radical (unpaired) electrons. The molecule has 5 heteroatoms. The van der Waals surface area contributed by atoms with Crippen molar-refractivity contribution in [2.24, 2.45) is 34.0 Å². The van der Waals surface area contributed by atoms with Gasteiger partial charge in [0.2, 0.25) is 0 Å². The van der Waals surface area contributed by atoms with Crippen LogP contribution in [0.2, 0.25) is 0 Å². The number of hydrogen-bond donors (Lipinski definition) is 0. The van der Waals surface area contributed by atoms with Gasteiger partial charge >= 0.3 is 11.9 Å². The fraction of sp³-hybridized carbons (Fsp3) is 0.792. The molecule has 0 unspecified atom stereocenters. The smallest absolute Gasteiger partial charge is 0.302 e. The molecule has 162 valence electrons. The van der Waals surface area contributed by atoms with E-state index in [-0.39, 0.29) is 59.0 Å². The third-order valence-electron chi connectivity index (χ3n) is 8.32. The molecule has 3 rings (SSSR count). The summed E-state index contributed by atoms with van der Waals surface area (Å²) in [4.78, 5) is 36.5. The summed E-state index contributed by atoms with van der Waals surface area (Å²) < 4.78 is 10.7. The Morgan fingerprint density at radius 1 is 1.00 bits per heavy atom. The zero-order chi connectivity index (χ0) is 21.6. The van der Waals surface area contributed by atoms with Crippen LogP contribution in [0.1, 0.15) is 73.6 Å². The molecule has 0 spiro atoms. The Morgan fingerprint density at radius 2 is 1.66 bits per heavy atom. The van der Waals surface area contributed by atoms with Crippen molar-refractivity contribution in [2.45, 2.75) is 73.6 Å². The highest BCUT2D eigenvalue weighted by Crippen LogP contribution is 2.67. The van der Waals surface area contributed by atoms with Crippen molar-refractivity contribution in [2.75, 3.05) is 13.2 Å². The highest BCUT2D eigenvalue weighted by Gasteiger charge is 2.63. The highest BCUT2D eigenvalue weighted by molar-refractivity contribution is 5.95. The van der Waals surface area contributed by atoms with Gasteiger partial charge in [-0.3, -0.25) is 14.4 Å². The lowest BCUT2D eigenvalue weighted by molar-refractivity contribution is -0.170. The first kappa shape index (κ1) is 22.0. The van der Waals surface area contributed by atoms with E-state index in [2.05, 4.69) is 27.7 Å². The number of ketones is 1. The second-order valence-corrected chi connectivity index (χ2v) is 10.6. The molecule has 29 heavy (non-hydrogen) atoms. The van der Waals surface area contributed by atoms with Crippen LogP contribution in [0.25, 0.3) is 0 Å². The summed E-state index contributed by atoms with van der Waals surface area (Å²) in [7, 11) is 0. The lowest BCUT2D eigenvalue weighted by atomic mass is 9.39. The Morgan fingerprint density at radius 3 is 2.28 bits per heavy atom. The Bertz CT molecular complexity index is 736.